The van der Waals surface area contributed by atoms with Gasteiger partial charge in [-0.1, -0.05) is 58.9 Å². The summed E-state index contributed by atoms with van der Waals surface area (Å²) in [4.78, 5) is 40.0. The van der Waals surface area contributed by atoms with Gasteiger partial charge in [-0.15, -0.1) is 0 Å². The second-order valence-electron chi connectivity index (χ2n) is 14.3. The summed E-state index contributed by atoms with van der Waals surface area (Å²) >= 11 is 0.831. The third kappa shape index (κ3) is 3.44. The first-order valence-electron chi connectivity index (χ1n) is 14.2. The van der Waals surface area contributed by atoms with Crippen molar-refractivity contribution < 1.29 is 33.0 Å². The number of rotatable bonds is 4. The van der Waals surface area contributed by atoms with Crippen LogP contribution in [0.5, 0.6) is 0 Å². The number of nitriles is 1. The highest BCUT2D eigenvalue weighted by atomic mass is 32.2. The van der Waals surface area contributed by atoms with E-state index in [9.17, 15) is 29.1 Å². The number of carbonyl (C=O) groups is 3. The first-order chi connectivity index (χ1) is 18.4. The predicted octanol–water partition coefficient (Wildman–Crippen LogP) is 5.85. The molecule has 0 saturated heterocycles. The van der Waals surface area contributed by atoms with Crippen molar-refractivity contribution in [3.8, 4) is 6.07 Å². The normalized spacial score (nSPS) is 43.2. The van der Waals surface area contributed by atoms with Crippen LogP contribution in [0.2, 0.25) is 0 Å². The third-order valence-corrected chi connectivity index (χ3v) is 13.2. The van der Waals surface area contributed by atoms with Gasteiger partial charge in [0.05, 0.1) is 23.8 Å². The van der Waals surface area contributed by atoms with Crippen molar-refractivity contribution in [2.24, 2.45) is 51.2 Å². The minimum atomic E-state index is -1.59. The Kier molecular flexibility index (Phi) is 6.61. The van der Waals surface area contributed by atoms with Gasteiger partial charge in [0.2, 0.25) is 16.7 Å². The third-order valence-electron chi connectivity index (χ3n) is 12.3. The number of esters is 1. The average Bonchev–Trinajstić information content (AvgIpc) is 3.17. The van der Waals surface area contributed by atoms with Crippen LogP contribution in [0.1, 0.15) is 74.1 Å². The van der Waals surface area contributed by atoms with Gasteiger partial charge >= 0.3 is 5.97 Å². The van der Waals surface area contributed by atoms with Gasteiger partial charge in [0.1, 0.15) is 5.83 Å². The molecule has 0 aromatic rings. The number of fused-ring (bicyclic) bond motifs is 5. The van der Waals surface area contributed by atoms with Crippen molar-refractivity contribution in [3.63, 3.8) is 0 Å². The molecule has 4 saturated carbocycles. The van der Waals surface area contributed by atoms with Crippen LogP contribution in [0, 0.1) is 62.6 Å². The molecule has 1 N–H and O–H groups in total. The molecule has 40 heavy (non-hydrogen) atoms. The smallest absolute Gasteiger partial charge is 0.311 e. The van der Waals surface area contributed by atoms with Crippen molar-refractivity contribution in [3.05, 3.63) is 23.3 Å². The van der Waals surface area contributed by atoms with Gasteiger partial charge in [0.25, 0.3) is 0 Å². The van der Waals surface area contributed by atoms with E-state index in [1.807, 2.05) is 47.6 Å². The zero-order chi connectivity index (χ0) is 29.8. The van der Waals surface area contributed by atoms with Crippen LogP contribution in [-0.4, -0.2) is 39.4 Å². The topological polar surface area (TPSA) is 104 Å². The largest absolute Gasteiger partial charge is 0.449 e. The van der Waals surface area contributed by atoms with E-state index in [0.717, 1.165) is 11.8 Å². The molecule has 0 bridgehead atoms. The lowest BCUT2D eigenvalue weighted by Crippen LogP contribution is -2.63. The van der Waals surface area contributed by atoms with Gasteiger partial charge in [-0.2, -0.15) is 9.65 Å². The van der Waals surface area contributed by atoms with Crippen molar-refractivity contribution in [1.82, 2.24) is 0 Å². The monoisotopic (exact) mass is 575 g/mol. The molecule has 0 radical (unpaired) electrons. The number of carbonyl (C=O) groups excluding carboxylic acids is 3. The Bertz CT molecular complexity index is 1280. The Morgan fingerprint density at radius 2 is 1.80 bits per heavy atom. The van der Waals surface area contributed by atoms with Gasteiger partial charge in [0, 0.05) is 22.7 Å². The van der Waals surface area contributed by atoms with Crippen LogP contribution >= 0.6 is 11.8 Å². The van der Waals surface area contributed by atoms with Crippen LogP contribution < -0.4 is 0 Å². The van der Waals surface area contributed by atoms with E-state index < -0.39 is 68.8 Å². The lowest BCUT2D eigenvalue weighted by Gasteiger charge is -2.60. The number of aliphatic hydroxyl groups excluding tert-OH is 1. The summed E-state index contributed by atoms with van der Waals surface area (Å²) in [6, 6.07) is 1.99. The molecule has 5 aliphatic carbocycles. The van der Waals surface area contributed by atoms with Gasteiger partial charge in [-0.25, -0.2) is 4.39 Å². The lowest BCUT2D eigenvalue weighted by atomic mass is 9.46. The van der Waals surface area contributed by atoms with Crippen molar-refractivity contribution in [2.45, 2.75) is 85.9 Å². The molecule has 4 fully saturated rings. The SMILES string of the molecule is C[C@@H]1C[C@H]2[C@@H]3CCC4=CC(=O)C(F)=C(F)[C@]4(C)[C@H]3[C@@H](O)C[C@]2(C)[C@@]1(OC(=O)C1C(C)(C)C1(C)C)C(=O)SCC#N. The number of thioether (sulfide) groups is 1. The van der Waals surface area contributed by atoms with E-state index in [1.165, 1.54) is 6.08 Å². The summed E-state index contributed by atoms with van der Waals surface area (Å²) in [6.45, 7) is 13.3. The van der Waals surface area contributed by atoms with E-state index in [0.29, 0.717) is 24.8 Å². The molecule has 0 heterocycles. The molecule has 0 aromatic heterocycles. The minimum absolute atomic E-state index is 0.0402. The van der Waals surface area contributed by atoms with Crippen LogP contribution in [0.25, 0.3) is 0 Å². The van der Waals surface area contributed by atoms with Crippen LogP contribution in [0.4, 0.5) is 8.78 Å². The zero-order valence-corrected chi connectivity index (χ0v) is 25.1. The first-order valence-corrected chi connectivity index (χ1v) is 15.2. The molecule has 0 amide bonds. The fraction of sp³-hybridized carbons (Fsp3) is 0.742. The highest BCUT2D eigenvalue weighted by Crippen LogP contribution is 2.73. The standard InChI is InChI=1S/C31H39F2NO5S/c1-15-12-18-17-9-8-16-13-19(35)22(32)24(33)30(16,7)21(17)20(36)14-29(18,6)31(15,26(38)40-11-10-34)39-25(37)23-27(2,3)28(23,4)5/h13,15,17-18,20-21,23,36H,8-9,11-12,14H2,1-7H3/t15-,17+,18+,20+,21-,29+,30+,31+/m1/s1. The molecular weight excluding hydrogens is 536 g/mol. The molecule has 0 unspecified atom stereocenters. The number of ketones is 1. The molecule has 5 aliphatic rings. The zero-order valence-electron chi connectivity index (χ0n) is 24.3. The summed E-state index contributed by atoms with van der Waals surface area (Å²) in [5, 5.41) is 20.6. The number of hydrogen-bond acceptors (Lipinski definition) is 7. The van der Waals surface area contributed by atoms with Crippen molar-refractivity contribution >= 4 is 28.6 Å². The number of aliphatic hydroxyl groups is 1. The first kappa shape index (κ1) is 29.4. The number of ether oxygens (including phenoxy) is 1. The summed E-state index contributed by atoms with van der Waals surface area (Å²) in [6.07, 6.45) is 1.47. The van der Waals surface area contributed by atoms with E-state index in [1.54, 1.807) is 6.92 Å². The quantitative estimate of drug-likeness (QED) is 0.419. The highest BCUT2D eigenvalue weighted by molar-refractivity contribution is 8.14. The van der Waals surface area contributed by atoms with E-state index in [4.69, 9.17) is 4.74 Å². The number of allylic oxidation sites excluding steroid dienone is 4. The van der Waals surface area contributed by atoms with Crippen LogP contribution in [-0.2, 0) is 19.1 Å². The second-order valence-corrected chi connectivity index (χ2v) is 15.2. The van der Waals surface area contributed by atoms with Gasteiger partial charge in [-0.05, 0) is 61.3 Å². The Labute approximate surface area is 239 Å². The Balaban J connectivity index is 1.59. The maximum Gasteiger partial charge on any atom is 0.311 e. The number of halogens is 2. The molecular formula is C31H39F2NO5S. The number of nitrogens with zero attached hydrogens (tertiary/aromatic N) is 1. The fourth-order valence-electron chi connectivity index (χ4n) is 9.65. The summed E-state index contributed by atoms with van der Waals surface area (Å²) in [5.41, 5.74) is -4.19. The average molecular weight is 576 g/mol. The molecule has 6 nitrogen and oxygen atoms in total. The van der Waals surface area contributed by atoms with E-state index in [-0.39, 0.29) is 34.8 Å². The lowest BCUT2D eigenvalue weighted by molar-refractivity contribution is -0.202. The molecule has 0 spiro atoms. The van der Waals surface area contributed by atoms with Gasteiger partial charge in [0.15, 0.2) is 5.60 Å². The summed E-state index contributed by atoms with van der Waals surface area (Å²) < 4.78 is 36.7. The molecule has 9 heteroatoms. The van der Waals surface area contributed by atoms with Gasteiger partial charge < -0.3 is 9.84 Å². The summed E-state index contributed by atoms with van der Waals surface area (Å²) in [5.74, 6) is -6.14. The molecule has 218 valence electrons. The number of hydrogen-bond donors (Lipinski definition) is 1. The second kappa shape index (κ2) is 8.97. The maximum atomic E-state index is 15.6. The molecule has 5 rings (SSSR count). The minimum Gasteiger partial charge on any atom is -0.449 e. The Morgan fingerprint density at radius 1 is 1.18 bits per heavy atom. The highest BCUT2D eigenvalue weighted by Gasteiger charge is 2.76. The Hall–Kier alpha value is -2.05. The molecule has 0 aromatic carbocycles. The maximum absolute atomic E-state index is 15.6. The predicted molar refractivity (Wildman–Crippen MR) is 146 cm³/mol. The fourth-order valence-corrected chi connectivity index (χ4v) is 10.5. The molecule has 8 atom stereocenters. The Morgan fingerprint density at radius 3 is 2.38 bits per heavy atom. The van der Waals surface area contributed by atoms with E-state index in [2.05, 4.69) is 0 Å². The van der Waals surface area contributed by atoms with Crippen LogP contribution in [0.3, 0.4) is 0 Å². The van der Waals surface area contributed by atoms with Gasteiger partial charge in [-0.3, -0.25) is 14.4 Å². The van der Waals surface area contributed by atoms with Crippen LogP contribution in [0.15, 0.2) is 23.3 Å². The van der Waals surface area contributed by atoms with E-state index >= 15 is 4.39 Å². The molecule has 0 aliphatic heterocycles. The van der Waals surface area contributed by atoms with Crippen molar-refractivity contribution in [2.75, 3.05) is 5.75 Å². The summed E-state index contributed by atoms with van der Waals surface area (Å²) in [7, 11) is 0. The van der Waals surface area contributed by atoms with Crippen molar-refractivity contribution in [1.29, 1.82) is 5.26 Å².